The molecule has 2 nitrogen and oxygen atoms in total. The van der Waals surface area contributed by atoms with Crippen molar-refractivity contribution in [1.82, 2.24) is 9.97 Å². The van der Waals surface area contributed by atoms with E-state index in [2.05, 4.69) is 35.3 Å². The molecular formula is C9H10N2S2. The van der Waals surface area contributed by atoms with Crippen molar-refractivity contribution in [2.75, 3.05) is 0 Å². The SMILES string of the molecule is CC(C)Sc1ncnc2sccc12. The maximum atomic E-state index is 4.28. The zero-order chi connectivity index (χ0) is 9.26. The first-order chi connectivity index (χ1) is 6.27. The molecule has 2 heterocycles. The Bertz CT molecular complexity index is 409. The summed E-state index contributed by atoms with van der Waals surface area (Å²) in [6, 6.07) is 2.09. The molecule has 0 spiro atoms. The van der Waals surface area contributed by atoms with E-state index in [0.29, 0.717) is 5.25 Å². The van der Waals surface area contributed by atoms with Crippen molar-refractivity contribution in [3.8, 4) is 0 Å². The van der Waals surface area contributed by atoms with Gasteiger partial charge in [-0.05, 0) is 11.4 Å². The Kier molecular flexibility index (Phi) is 2.51. The maximum absolute atomic E-state index is 4.28. The molecule has 0 saturated carbocycles. The first-order valence-corrected chi connectivity index (χ1v) is 5.88. The number of aromatic nitrogens is 2. The van der Waals surface area contributed by atoms with Crippen LogP contribution in [0.3, 0.4) is 0 Å². The average molecular weight is 210 g/mol. The Morgan fingerprint density at radius 2 is 2.23 bits per heavy atom. The lowest BCUT2D eigenvalue weighted by Crippen LogP contribution is -1.89. The largest absolute Gasteiger partial charge is 0.229 e. The predicted molar refractivity (Wildman–Crippen MR) is 58.4 cm³/mol. The van der Waals surface area contributed by atoms with Gasteiger partial charge in [0.15, 0.2) is 0 Å². The fourth-order valence-corrected chi connectivity index (χ4v) is 2.73. The Morgan fingerprint density at radius 1 is 1.38 bits per heavy atom. The summed E-state index contributed by atoms with van der Waals surface area (Å²) in [6.07, 6.45) is 1.64. The monoisotopic (exact) mass is 210 g/mol. The van der Waals surface area contributed by atoms with E-state index in [1.54, 1.807) is 29.4 Å². The summed E-state index contributed by atoms with van der Waals surface area (Å²) >= 11 is 3.45. The van der Waals surface area contributed by atoms with E-state index in [-0.39, 0.29) is 0 Å². The fraction of sp³-hybridized carbons (Fsp3) is 0.333. The number of nitrogens with zero attached hydrogens (tertiary/aromatic N) is 2. The number of thiophene rings is 1. The molecule has 0 unspecified atom stereocenters. The van der Waals surface area contributed by atoms with Crippen LogP contribution in [0.2, 0.25) is 0 Å². The minimum Gasteiger partial charge on any atom is -0.229 e. The molecule has 0 aliphatic carbocycles. The highest BCUT2D eigenvalue weighted by atomic mass is 32.2. The summed E-state index contributed by atoms with van der Waals surface area (Å²) in [6.45, 7) is 4.34. The van der Waals surface area contributed by atoms with Gasteiger partial charge < -0.3 is 0 Å². The molecule has 2 aromatic rings. The Labute approximate surface area is 85.4 Å². The average Bonchev–Trinajstić information content (AvgIpc) is 2.51. The third-order valence-electron chi connectivity index (χ3n) is 1.57. The molecule has 0 amide bonds. The molecule has 2 aromatic heterocycles. The summed E-state index contributed by atoms with van der Waals surface area (Å²) in [5, 5.41) is 4.91. The number of thioether (sulfide) groups is 1. The third kappa shape index (κ3) is 1.84. The highest BCUT2D eigenvalue weighted by Crippen LogP contribution is 2.29. The molecular weight excluding hydrogens is 200 g/mol. The summed E-state index contributed by atoms with van der Waals surface area (Å²) < 4.78 is 0. The van der Waals surface area contributed by atoms with E-state index in [1.165, 1.54) is 5.39 Å². The highest BCUT2D eigenvalue weighted by Gasteiger charge is 2.06. The first-order valence-electron chi connectivity index (χ1n) is 4.12. The molecule has 2 rings (SSSR count). The highest BCUT2D eigenvalue weighted by molar-refractivity contribution is 8.00. The second-order valence-corrected chi connectivity index (χ2v) is 5.44. The van der Waals surface area contributed by atoms with Gasteiger partial charge >= 0.3 is 0 Å². The summed E-state index contributed by atoms with van der Waals surface area (Å²) in [7, 11) is 0. The maximum Gasteiger partial charge on any atom is 0.127 e. The second kappa shape index (κ2) is 3.64. The van der Waals surface area contributed by atoms with Gasteiger partial charge in [0, 0.05) is 10.6 Å². The molecule has 0 N–H and O–H groups in total. The van der Waals surface area contributed by atoms with Crippen LogP contribution < -0.4 is 0 Å². The zero-order valence-electron chi connectivity index (χ0n) is 7.52. The molecule has 4 heteroatoms. The lowest BCUT2D eigenvalue weighted by Gasteiger charge is -2.03. The van der Waals surface area contributed by atoms with E-state index >= 15 is 0 Å². The minimum atomic E-state index is 0.568. The Hall–Kier alpha value is -0.610. The van der Waals surface area contributed by atoms with Crippen LogP contribution in [0.25, 0.3) is 10.2 Å². The van der Waals surface area contributed by atoms with E-state index in [1.807, 2.05) is 0 Å². The van der Waals surface area contributed by atoms with Crippen molar-refractivity contribution in [3.63, 3.8) is 0 Å². The number of hydrogen-bond donors (Lipinski definition) is 0. The smallest absolute Gasteiger partial charge is 0.127 e. The summed E-state index contributed by atoms with van der Waals surface area (Å²) in [5.41, 5.74) is 0. The normalized spacial score (nSPS) is 11.3. The van der Waals surface area contributed by atoms with Gasteiger partial charge in [0.2, 0.25) is 0 Å². The van der Waals surface area contributed by atoms with Crippen LogP contribution in [-0.2, 0) is 0 Å². The molecule has 0 aromatic carbocycles. The van der Waals surface area contributed by atoms with Gasteiger partial charge in [-0.3, -0.25) is 0 Å². The van der Waals surface area contributed by atoms with Crippen LogP contribution in [0.15, 0.2) is 22.8 Å². The fourth-order valence-electron chi connectivity index (χ4n) is 1.08. The standard InChI is InChI=1S/C9H10N2S2/c1-6(2)13-9-7-3-4-12-8(7)10-5-11-9/h3-6H,1-2H3. The lowest BCUT2D eigenvalue weighted by molar-refractivity contribution is 1.07. The van der Waals surface area contributed by atoms with E-state index < -0.39 is 0 Å². The van der Waals surface area contributed by atoms with Crippen molar-refractivity contribution in [2.24, 2.45) is 0 Å². The lowest BCUT2D eigenvalue weighted by atomic mass is 10.4. The van der Waals surface area contributed by atoms with E-state index in [9.17, 15) is 0 Å². The molecule has 0 bridgehead atoms. The van der Waals surface area contributed by atoms with Crippen molar-refractivity contribution in [2.45, 2.75) is 24.1 Å². The van der Waals surface area contributed by atoms with Gasteiger partial charge in [0.05, 0.1) is 0 Å². The predicted octanol–water partition coefficient (Wildman–Crippen LogP) is 3.19. The molecule has 13 heavy (non-hydrogen) atoms. The molecule has 0 radical (unpaired) electrons. The van der Waals surface area contributed by atoms with Crippen LogP contribution in [0.5, 0.6) is 0 Å². The summed E-state index contributed by atoms with van der Waals surface area (Å²) in [4.78, 5) is 9.56. The number of hydrogen-bond acceptors (Lipinski definition) is 4. The van der Waals surface area contributed by atoms with Crippen LogP contribution >= 0.6 is 23.1 Å². The van der Waals surface area contributed by atoms with Crippen LogP contribution in [0, 0.1) is 0 Å². The van der Waals surface area contributed by atoms with Gasteiger partial charge in [-0.25, -0.2) is 9.97 Å². The zero-order valence-corrected chi connectivity index (χ0v) is 9.15. The van der Waals surface area contributed by atoms with Crippen LogP contribution in [0.1, 0.15) is 13.8 Å². The molecule has 0 atom stereocenters. The van der Waals surface area contributed by atoms with E-state index in [4.69, 9.17) is 0 Å². The molecule has 0 aliphatic rings. The summed E-state index contributed by atoms with van der Waals surface area (Å²) in [5.74, 6) is 0. The third-order valence-corrected chi connectivity index (χ3v) is 3.41. The molecule has 0 saturated heterocycles. The second-order valence-electron chi connectivity index (χ2n) is 2.98. The van der Waals surface area contributed by atoms with Crippen LogP contribution in [-0.4, -0.2) is 15.2 Å². The van der Waals surface area contributed by atoms with Gasteiger partial charge in [-0.15, -0.1) is 23.1 Å². The molecule has 68 valence electrons. The van der Waals surface area contributed by atoms with Crippen molar-refractivity contribution < 1.29 is 0 Å². The quantitative estimate of drug-likeness (QED) is 0.562. The number of fused-ring (bicyclic) bond motifs is 1. The van der Waals surface area contributed by atoms with Gasteiger partial charge in [0.25, 0.3) is 0 Å². The molecule has 0 aliphatic heterocycles. The van der Waals surface area contributed by atoms with E-state index in [0.717, 1.165) is 9.86 Å². The van der Waals surface area contributed by atoms with Crippen LogP contribution in [0.4, 0.5) is 0 Å². The minimum absolute atomic E-state index is 0.568. The van der Waals surface area contributed by atoms with Crippen molar-refractivity contribution in [1.29, 1.82) is 0 Å². The van der Waals surface area contributed by atoms with Crippen molar-refractivity contribution >= 4 is 33.3 Å². The molecule has 0 fully saturated rings. The van der Waals surface area contributed by atoms with Gasteiger partial charge in [0.1, 0.15) is 16.2 Å². The van der Waals surface area contributed by atoms with Gasteiger partial charge in [-0.2, -0.15) is 0 Å². The first kappa shape index (κ1) is 8.97. The number of rotatable bonds is 2. The van der Waals surface area contributed by atoms with Crippen molar-refractivity contribution in [3.05, 3.63) is 17.8 Å². The Balaban J connectivity index is 2.48. The Morgan fingerprint density at radius 3 is 3.00 bits per heavy atom. The van der Waals surface area contributed by atoms with Gasteiger partial charge in [-0.1, -0.05) is 13.8 Å². The topological polar surface area (TPSA) is 25.8 Å².